The van der Waals surface area contributed by atoms with Crippen LogP contribution in [0.3, 0.4) is 0 Å². The Morgan fingerprint density at radius 3 is 2.08 bits per heavy atom. The molecule has 0 amide bonds. The molecule has 1 fully saturated rings. The highest BCUT2D eigenvalue weighted by Crippen LogP contribution is 2.44. The molecule has 0 atom stereocenters. The minimum atomic E-state index is -0.201. The molecule has 0 aliphatic heterocycles. The standard InChI is InChI=1S/C11H20O2/c1-10(2,3)11(13-9-12)7-5-4-6-8-11/h9H,4-8H2,1-3H3. The van der Waals surface area contributed by atoms with E-state index >= 15 is 0 Å². The van der Waals surface area contributed by atoms with Crippen molar-refractivity contribution in [2.24, 2.45) is 5.41 Å². The fourth-order valence-corrected chi connectivity index (χ4v) is 2.26. The molecule has 0 heterocycles. The molecular formula is C11H20O2. The van der Waals surface area contributed by atoms with Crippen molar-refractivity contribution in [3.63, 3.8) is 0 Å². The van der Waals surface area contributed by atoms with E-state index in [1.54, 1.807) is 0 Å². The Balaban J connectivity index is 2.78. The Morgan fingerprint density at radius 1 is 1.15 bits per heavy atom. The summed E-state index contributed by atoms with van der Waals surface area (Å²) in [6.45, 7) is 7.09. The van der Waals surface area contributed by atoms with Crippen LogP contribution < -0.4 is 0 Å². The predicted molar refractivity (Wildman–Crippen MR) is 52.4 cm³/mol. The summed E-state index contributed by atoms with van der Waals surface area (Å²) in [6, 6.07) is 0. The van der Waals surface area contributed by atoms with Crippen LogP contribution in [-0.2, 0) is 9.53 Å². The van der Waals surface area contributed by atoms with Gasteiger partial charge in [0.1, 0.15) is 5.60 Å². The second-order valence-electron chi connectivity index (χ2n) is 5.02. The summed E-state index contributed by atoms with van der Waals surface area (Å²) >= 11 is 0. The van der Waals surface area contributed by atoms with Gasteiger partial charge < -0.3 is 4.74 Å². The Morgan fingerprint density at radius 2 is 1.69 bits per heavy atom. The Labute approximate surface area is 80.7 Å². The molecule has 13 heavy (non-hydrogen) atoms. The molecule has 0 aromatic rings. The van der Waals surface area contributed by atoms with Crippen LogP contribution in [0.2, 0.25) is 0 Å². The highest BCUT2D eigenvalue weighted by atomic mass is 16.5. The van der Waals surface area contributed by atoms with Crippen molar-refractivity contribution in [3.8, 4) is 0 Å². The van der Waals surface area contributed by atoms with Crippen LogP contribution in [0, 0.1) is 5.41 Å². The number of rotatable bonds is 2. The highest BCUT2D eigenvalue weighted by Gasteiger charge is 2.44. The summed E-state index contributed by atoms with van der Waals surface area (Å²) in [6.07, 6.45) is 5.70. The molecule has 1 aliphatic rings. The molecule has 76 valence electrons. The first-order chi connectivity index (χ1) is 6.02. The number of carbonyl (C=O) groups is 1. The molecule has 2 nitrogen and oxygen atoms in total. The van der Waals surface area contributed by atoms with Gasteiger partial charge in [0, 0.05) is 5.41 Å². The van der Waals surface area contributed by atoms with E-state index in [2.05, 4.69) is 20.8 Å². The molecule has 2 heteroatoms. The summed E-state index contributed by atoms with van der Waals surface area (Å²) in [7, 11) is 0. The van der Waals surface area contributed by atoms with Crippen LogP contribution in [0.1, 0.15) is 52.9 Å². The van der Waals surface area contributed by atoms with E-state index in [0.29, 0.717) is 6.47 Å². The SMILES string of the molecule is CC(C)(C)C1(OC=O)CCCCC1. The van der Waals surface area contributed by atoms with Gasteiger partial charge in [-0.25, -0.2) is 0 Å². The monoisotopic (exact) mass is 184 g/mol. The Bertz CT molecular complexity index is 173. The fraction of sp³-hybridized carbons (Fsp3) is 0.909. The smallest absolute Gasteiger partial charge is 0.293 e. The molecule has 1 aliphatic carbocycles. The lowest BCUT2D eigenvalue weighted by atomic mass is 9.68. The fourth-order valence-electron chi connectivity index (χ4n) is 2.26. The van der Waals surface area contributed by atoms with Gasteiger partial charge in [-0.3, -0.25) is 4.79 Å². The Kier molecular flexibility index (Phi) is 2.99. The summed E-state index contributed by atoms with van der Waals surface area (Å²) in [4.78, 5) is 10.5. The molecule has 0 aromatic carbocycles. The van der Waals surface area contributed by atoms with E-state index < -0.39 is 0 Å². The van der Waals surface area contributed by atoms with Crippen LogP contribution in [0.5, 0.6) is 0 Å². The zero-order valence-electron chi connectivity index (χ0n) is 8.93. The maximum atomic E-state index is 10.5. The minimum absolute atomic E-state index is 0.0638. The van der Waals surface area contributed by atoms with Gasteiger partial charge in [0.05, 0.1) is 0 Å². The second-order valence-corrected chi connectivity index (χ2v) is 5.02. The van der Waals surface area contributed by atoms with Crippen LogP contribution in [0.25, 0.3) is 0 Å². The predicted octanol–water partition coefficient (Wildman–Crippen LogP) is 2.91. The normalized spacial score (nSPS) is 22.4. The topological polar surface area (TPSA) is 26.3 Å². The molecule has 1 saturated carbocycles. The first kappa shape index (κ1) is 10.6. The van der Waals surface area contributed by atoms with Crippen LogP contribution in [0.4, 0.5) is 0 Å². The van der Waals surface area contributed by atoms with E-state index in [1.807, 2.05) is 0 Å². The average molecular weight is 184 g/mol. The summed E-state index contributed by atoms with van der Waals surface area (Å²) in [5, 5.41) is 0. The lowest BCUT2D eigenvalue weighted by Crippen LogP contribution is -2.46. The Hall–Kier alpha value is -0.530. The number of ether oxygens (including phenoxy) is 1. The number of hydrogen-bond acceptors (Lipinski definition) is 2. The lowest BCUT2D eigenvalue weighted by molar-refractivity contribution is -0.163. The van der Waals surface area contributed by atoms with E-state index in [-0.39, 0.29) is 11.0 Å². The second kappa shape index (κ2) is 3.69. The van der Waals surface area contributed by atoms with Gasteiger partial charge >= 0.3 is 0 Å². The van der Waals surface area contributed by atoms with Crippen LogP contribution in [-0.4, -0.2) is 12.1 Å². The van der Waals surface area contributed by atoms with Crippen molar-refractivity contribution in [3.05, 3.63) is 0 Å². The van der Waals surface area contributed by atoms with Gasteiger partial charge in [-0.15, -0.1) is 0 Å². The molecule has 0 aromatic heterocycles. The van der Waals surface area contributed by atoms with Gasteiger partial charge in [-0.2, -0.15) is 0 Å². The molecule has 0 spiro atoms. The van der Waals surface area contributed by atoms with Gasteiger partial charge in [0.15, 0.2) is 0 Å². The van der Waals surface area contributed by atoms with E-state index in [0.717, 1.165) is 12.8 Å². The number of carbonyl (C=O) groups excluding carboxylic acids is 1. The van der Waals surface area contributed by atoms with Crippen molar-refractivity contribution >= 4 is 6.47 Å². The third-order valence-corrected chi connectivity index (χ3v) is 3.30. The largest absolute Gasteiger partial charge is 0.461 e. The third kappa shape index (κ3) is 2.04. The molecule has 0 N–H and O–H groups in total. The van der Waals surface area contributed by atoms with Gasteiger partial charge in [-0.05, 0) is 25.7 Å². The summed E-state index contributed by atoms with van der Waals surface area (Å²) in [5.41, 5.74) is -0.138. The maximum Gasteiger partial charge on any atom is 0.293 e. The van der Waals surface area contributed by atoms with Crippen molar-refractivity contribution in [1.82, 2.24) is 0 Å². The molecule has 1 rings (SSSR count). The van der Waals surface area contributed by atoms with Crippen molar-refractivity contribution in [1.29, 1.82) is 0 Å². The van der Waals surface area contributed by atoms with Crippen molar-refractivity contribution in [2.75, 3.05) is 0 Å². The zero-order chi connectivity index (χ0) is 9.95. The lowest BCUT2D eigenvalue weighted by Gasteiger charge is -2.45. The third-order valence-electron chi connectivity index (χ3n) is 3.30. The average Bonchev–Trinajstić information content (AvgIpc) is 2.04. The molecule has 0 saturated heterocycles. The molecule has 0 radical (unpaired) electrons. The highest BCUT2D eigenvalue weighted by molar-refractivity contribution is 5.39. The van der Waals surface area contributed by atoms with Crippen LogP contribution >= 0.6 is 0 Å². The summed E-state index contributed by atoms with van der Waals surface area (Å²) < 4.78 is 5.35. The first-order valence-corrected chi connectivity index (χ1v) is 5.13. The van der Waals surface area contributed by atoms with Crippen molar-refractivity contribution < 1.29 is 9.53 Å². The van der Waals surface area contributed by atoms with Gasteiger partial charge in [0.25, 0.3) is 6.47 Å². The summed E-state index contributed by atoms with van der Waals surface area (Å²) in [5.74, 6) is 0. The molecule has 0 unspecified atom stereocenters. The zero-order valence-corrected chi connectivity index (χ0v) is 8.93. The van der Waals surface area contributed by atoms with E-state index in [1.165, 1.54) is 19.3 Å². The van der Waals surface area contributed by atoms with Gasteiger partial charge in [0.2, 0.25) is 0 Å². The minimum Gasteiger partial charge on any atom is -0.461 e. The molecule has 0 bridgehead atoms. The van der Waals surface area contributed by atoms with E-state index in [9.17, 15) is 4.79 Å². The maximum absolute atomic E-state index is 10.5. The quantitative estimate of drug-likeness (QED) is 0.617. The van der Waals surface area contributed by atoms with Crippen molar-refractivity contribution in [2.45, 2.75) is 58.5 Å². The number of hydrogen-bond donors (Lipinski definition) is 0. The van der Waals surface area contributed by atoms with Crippen LogP contribution in [0.15, 0.2) is 0 Å². The first-order valence-electron chi connectivity index (χ1n) is 5.13. The molecular weight excluding hydrogens is 164 g/mol. The van der Waals surface area contributed by atoms with E-state index in [4.69, 9.17) is 4.74 Å². The van der Waals surface area contributed by atoms with Gasteiger partial charge in [-0.1, -0.05) is 27.2 Å².